The van der Waals surface area contributed by atoms with Crippen molar-refractivity contribution >= 4 is 17.7 Å². The average Bonchev–Trinajstić information content (AvgIpc) is 2.30. The number of carbonyl (C=O) groups excluding carboxylic acids is 1. The lowest BCUT2D eigenvalue weighted by Gasteiger charge is -2.09. The van der Waals surface area contributed by atoms with E-state index in [0.29, 0.717) is 12.5 Å². The van der Waals surface area contributed by atoms with E-state index in [1.54, 1.807) is 24.1 Å². The Morgan fingerprint density at radius 3 is 2.76 bits per heavy atom. The molecular weight excluding hydrogens is 232 g/mol. The van der Waals surface area contributed by atoms with Gasteiger partial charge in [0.05, 0.1) is 6.61 Å². The molecule has 92 valence electrons. The van der Waals surface area contributed by atoms with Gasteiger partial charge in [-0.15, -0.1) is 0 Å². The van der Waals surface area contributed by atoms with E-state index < -0.39 is 0 Å². The summed E-state index contributed by atoms with van der Waals surface area (Å²) >= 11 is 1.55. The number of esters is 1. The summed E-state index contributed by atoms with van der Waals surface area (Å²) in [6.45, 7) is 6.53. The molecule has 0 atom stereocenters. The van der Waals surface area contributed by atoms with Gasteiger partial charge in [0.2, 0.25) is 0 Å². The van der Waals surface area contributed by atoms with E-state index >= 15 is 0 Å². The summed E-state index contributed by atoms with van der Waals surface area (Å²) in [6, 6.07) is 8.22. The fourth-order valence-corrected chi connectivity index (χ4v) is 2.34. The highest BCUT2D eigenvalue weighted by atomic mass is 32.2. The van der Waals surface area contributed by atoms with Gasteiger partial charge in [0.15, 0.2) is 0 Å². The maximum absolute atomic E-state index is 11.1. The van der Waals surface area contributed by atoms with Crippen molar-refractivity contribution in [1.82, 2.24) is 0 Å². The van der Waals surface area contributed by atoms with Gasteiger partial charge in [0.1, 0.15) is 0 Å². The summed E-state index contributed by atoms with van der Waals surface area (Å²) in [5.74, 6) is 0.191. The minimum absolute atomic E-state index is 0.290. The zero-order chi connectivity index (χ0) is 12.7. The van der Waals surface area contributed by atoms with Crippen molar-refractivity contribution in [2.24, 2.45) is 0 Å². The van der Waals surface area contributed by atoms with Crippen molar-refractivity contribution in [3.05, 3.63) is 41.3 Å². The number of thioether (sulfide) groups is 1. The van der Waals surface area contributed by atoms with E-state index in [1.807, 2.05) is 12.1 Å². The summed E-state index contributed by atoms with van der Waals surface area (Å²) in [5.41, 5.74) is 1.30. The van der Waals surface area contributed by atoms with Crippen LogP contribution in [0.15, 0.2) is 40.6 Å². The largest absolute Gasteiger partial charge is 0.463 e. The molecule has 3 heteroatoms. The van der Waals surface area contributed by atoms with Crippen LogP contribution < -0.4 is 0 Å². The maximum Gasteiger partial charge on any atom is 0.331 e. The lowest BCUT2D eigenvalue weighted by molar-refractivity contribution is -0.137. The van der Waals surface area contributed by atoms with Gasteiger partial charge in [-0.1, -0.05) is 43.8 Å². The molecule has 1 rings (SSSR count). The van der Waals surface area contributed by atoms with Crippen molar-refractivity contribution in [1.29, 1.82) is 0 Å². The van der Waals surface area contributed by atoms with Crippen molar-refractivity contribution in [2.45, 2.75) is 31.6 Å². The highest BCUT2D eigenvalue weighted by molar-refractivity contribution is 8.02. The van der Waals surface area contributed by atoms with Crippen molar-refractivity contribution in [2.75, 3.05) is 6.61 Å². The van der Waals surface area contributed by atoms with Gasteiger partial charge in [-0.25, -0.2) is 4.79 Å². The topological polar surface area (TPSA) is 26.3 Å². The molecule has 0 fully saturated rings. The molecule has 0 heterocycles. The monoisotopic (exact) mass is 250 g/mol. The third-order valence-corrected chi connectivity index (χ3v) is 3.12. The van der Waals surface area contributed by atoms with Crippen LogP contribution in [0.1, 0.15) is 32.3 Å². The third kappa shape index (κ3) is 4.65. The minimum atomic E-state index is -0.290. The van der Waals surface area contributed by atoms with Crippen molar-refractivity contribution < 1.29 is 9.53 Å². The second kappa shape index (κ2) is 7.17. The molecule has 2 nitrogen and oxygen atoms in total. The predicted octanol–water partition coefficient (Wildman–Crippen LogP) is 3.98. The van der Waals surface area contributed by atoms with Crippen LogP contribution in [-0.2, 0) is 9.53 Å². The maximum atomic E-state index is 11.1. The van der Waals surface area contributed by atoms with E-state index in [2.05, 4.69) is 26.0 Å². The molecule has 0 aromatic heterocycles. The molecule has 0 N–H and O–H groups in total. The van der Waals surface area contributed by atoms with Gasteiger partial charge in [-0.05, 0) is 29.9 Å². The Morgan fingerprint density at radius 1 is 1.41 bits per heavy atom. The lowest BCUT2D eigenvalue weighted by Crippen LogP contribution is -1.98. The van der Waals surface area contributed by atoms with E-state index in [1.165, 1.54) is 16.5 Å². The van der Waals surface area contributed by atoms with Crippen LogP contribution in [0.4, 0.5) is 0 Å². The number of hydrogen-bond donors (Lipinski definition) is 0. The molecule has 0 radical (unpaired) electrons. The third-order valence-electron chi connectivity index (χ3n) is 2.23. The highest BCUT2D eigenvalue weighted by Crippen LogP contribution is 2.28. The van der Waals surface area contributed by atoms with Crippen LogP contribution in [0.2, 0.25) is 0 Å². The van der Waals surface area contributed by atoms with Gasteiger partial charge >= 0.3 is 5.97 Å². The molecule has 0 aliphatic rings. The molecule has 0 aliphatic heterocycles. The average molecular weight is 250 g/mol. The van der Waals surface area contributed by atoms with E-state index in [9.17, 15) is 4.79 Å². The van der Waals surface area contributed by atoms with Crippen LogP contribution in [0.3, 0.4) is 0 Å². The molecule has 1 aromatic carbocycles. The molecule has 0 aliphatic carbocycles. The molecule has 0 unspecified atom stereocenters. The Kier molecular flexibility index (Phi) is 5.84. The summed E-state index contributed by atoms with van der Waals surface area (Å²) < 4.78 is 4.82. The molecule has 0 bridgehead atoms. The zero-order valence-electron chi connectivity index (χ0n) is 10.5. The number of ether oxygens (including phenoxy) is 1. The van der Waals surface area contributed by atoms with Gasteiger partial charge in [-0.2, -0.15) is 0 Å². The molecule has 0 amide bonds. The zero-order valence-corrected chi connectivity index (χ0v) is 11.3. The smallest absolute Gasteiger partial charge is 0.331 e. The Morgan fingerprint density at radius 2 is 2.12 bits per heavy atom. The van der Waals surface area contributed by atoms with E-state index in [-0.39, 0.29) is 5.97 Å². The van der Waals surface area contributed by atoms with Gasteiger partial charge in [-0.3, -0.25) is 0 Å². The molecular formula is C14H18O2S. The molecule has 0 spiro atoms. The summed E-state index contributed by atoms with van der Waals surface area (Å²) in [7, 11) is 0. The Balaban J connectivity index is 2.66. The van der Waals surface area contributed by atoms with Gasteiger partial charge in [0, 0.05) is 11.0 Å². The van der Waals surface area contributed by atoms with Crippen LogP contribution in [0.25, 0.3) is 0 Å². The molecule has 0 saturated heterocycles. The second-order valence-corrected chi connectivity index (χ2v) is 4.81. The Hall–Kier alpha value is -1.22. The first-order valence-electron chi connectivity index (χ1n) is 5.74. The SMILES string of the molecule is CCOC(=O)/C=C\Sc1ccccc1C(C)C. The minimum Gasteiger partial charge on any atom is -0.463 e. The molecule has 17 heavy (non-hydrogen) atoms. The van der Waals surface area contributed by atoms with Crippen molar-refractivity contribution in [3.63, 3.8) is 0 Å². The Labute approximate surface area is 107 Å². The predicted molar refractivity (Wildman–Crippen MR) is 72.2 cm³/mol. The van der Waals surface area contributed by atoms with Crippen LogP contribution in [0.5, 0.6) is 0 Å². The van der Waals surface area contributed by atoms with E-state index in [4.69, 9.17) is 4.74 Å². The normalized spacial score (nSPS) is 11.1. The first kappa shape index (κ1) is 13.8. The number of hydrogen-bond acceptors (Lipinski definition) is 3. The Bertz CT molecular complexity index is 397. The van der Waals surface area contributed by atoms with Crippen molar-refractivity contribution in [3.8, 4) is 0 Å². The quantitative estimate of drug-likeness (QED) is 0.449. The lowest BCUT2D eigenvalue weighted by atomic mass is 10.0. The highest BCUT2D eigenvalue weighted by Gasteiger charge is 2.04. The molecule has 0 saturated carbocycles. The summed E-state index contributed by atoms with van der Waals surface area (Å²) in [5, 5.41) is 1.78. The summed E-state index contributed by atoms with van der Waals surface area (Å²) in [6.07, 6.45) is 1.46. The molecule has 1 aromatic rings. The van der Waals surface area contributed by atoms with Crippen LogP contribution in [-0.4, -0.2) is 12.6 Å². The van der Waals surface area contributed by atoms with Gasteiger partial charge < -0.3 is 4.74 Å². The fraction of sp³-hybridized carbons (Fsp3) is 0.357. The van der Waals surface area contributed by atoms with Gasteiger partial charge in [0.25, 0.3) is 0 Å². The standard InChI is InChI=1S/C14H18O2S/c1-4-16-14(15)9-10-17-13-8-6-5-7-12(13)11(2)3/h5-11H,4H2,1-3H3/b10-9-. The number of benzene rings is 1. The second-order valence-electron chi connectivity index (χ2n) is 3.87. The fourth-order valence-electron chi connectivity index (χ4n) is 1.42. The van der Waals surface area contributed by atoms with Crippen LogP contribution >= 0.6 is 11.8 Å². The van der Waals surface area contributed by atoms with E-state index in [0.717, 1.165) is 0 Å². The number of rotatable bonds is 5. The van der Waals surface area contributed by atoms with Crippen LogP contribution in [0, 0.1) is 0 Å². The first-order chi connectivity index (χ1) is 8.15. The first-order valence-corrected chi connectivity index (χ1v) is 6.62. The number of carbonyl (C=O) groups is 1. The summed E-state index contributed by atoms with van der Waals surface area (Å²) in [4.78, 5) is 12.3.